The highest BCUT2D eigenvalue weighted by molar-refractivity contribution is 4.87. The maximum Gasteiger partial charge on any atom is 0.329 e. The van der Waals surface area contributed by atoms with Gasteiger partial charge in [-0.25, -0.2) is 4.79 Å². The number of aliphatic hydroxyl groups is 1. The van der Waals surface area contributed by atoms with E-state index in [0.29, 0.717) is 19.6 Å². The number of H-pyrrole nitrogens is 1. The van der Waals surface area contributed by atoms with Gasteiger partial charge in [0.05, 0.1) is 12.3 Å². The van der Waals surface area contributed by atoms with E-state index < -0.39 is 16.9 Å². The van der Waals surface area contributed by atoms with Crippen LogP contribution in [0.2, 0.25) is 0 Å². The van der Waals surface area contributed by atoms with Gasteiger partial charge in [-0.15, -0.1) is 0 Å². The molecule has 1 aromatic heterocycles. The summed E-state index contributed by atoms with van der Waals surface area (Å²) in [6, 6.07) is 1.32. The van der Waals surface area contributed by atoms with Gasteiger partial charge in [-0.05, 0) is 13.3 Å². The highest BCUT2D eigenvalue weighted by atomic mass is 16.3. The molecule has 0 aromatic carbocycles. The first-order valence-electron chi connectivity index (χ1n) is 5.21. The fraction of sp³-hybridized carbons (Fsp3) is 0.600. The molecular weight excluding hydrogens is 210 g/mol. The van der Waals surface area contributed by atoms with E-state index in [4.69, 9.17) is 0 Å². The molecule has 16 heavy (non-hydrogen) atoms. The number of aromatic amines is 1. The van der Waals surface area contributed by atoms with Crippen LogP contribution in [0.3, 0.4) is 0 Å². The Morgan fingerprint density at radius 2 is 2.31 bits per heavy atom. The van der Waals surface area contributed by atoms with Crippen LogP contribution < -0.4 is 11.2 Å². The Hall–Kier alpha value is -1.40. The monoisotopic (exact) mass is 225 g/mol. The molecule has 88 valence electrons. The summed E-state index contributed by atoms with van der Waals surface area (Å²) in [5.41, 5.74) is -1.49. The number of likely N-dealkylation sites (tertiary alicyclic amines) is 1. The van der Waals surface area contributed by atoms with Crippen LogP contribution in [0.15, 0.2) is 21.9 Å². The van der Waals surface area contributed by atoms with Crippen LogP contribution in [0.5, 0.6) is 0 Å². The molecule has 1 aliphatic rings. The highest BCUT2D eigenvalue weighted by Crippen LogP contribution is 2.19. The second kappa shape index (κ2) is 3.88. The van der Waals surface area contributed by atoms with Crippen LogP contribution in [-0.4, -0.2) is 38.2 Å². The van der Waals surface area contributed by atoms with Gasteiger partial charge in [0.15, 0.2) is 0 Å². The quantitative estimate of drug-likeness (QED) is 0.673. The van der Waals surface area contributed by atoms with E-state index in [0.717, 1.165) is 6.54 Å². The topological polar surface area (TPSA) is 78.3 Å². The molecule has 1 unspecified atom stereocenters. The summed E-state index contributed by atoms with van der Waals surface area (Å²) >= 11 is 0. The van der Waals surface area contributed by atoms with E-state index >= 15 is 0 Å². The molecule has 1 saturated heterocycles. The fourth-order valence-electron chi connectivity index (χ4n) is 1.93. The molecule has 0 saturated carbocycles. The molecular formula is C10H15N3O3. The third-order valence-electron chi connectivity index (χ3n) is 2.78. The van der Waals surface area contributed by atoms with Crippen molar-refractivity contribution in [3.8, 4) is 0 Å². The number of rotatable bonds is 2. The Morgan fingerprint density at radius 3 is 2.88 bits per heavy atom. The third kappa shape index (κ3) is 2.40. The summed E-state index contributed by atoms with van der Waals surface area (Å²) in [6.45, 7) is 3.46. The van der Waals surface area contributed by atoms with Gasteiger partial charge in [-0.3, -0.25) is 19.2 Å². The molecule has 1 aromatic rings. The lowest BCUT2D eigenvalue weighted by atomic mass is 10.1. The molecule has 0 aliphatic carbocycles. The molecule has 1 atom stereocenters. The summed E-state index contributed by atoms with van der Waals surface area (Å²) in [7, 11) is 0. The average Bonchev–Trinajstić information content (AvgIpc) is 2.51. The predicted molar refractivity (Wildman–Crippen MR) is 58.1 cm³/mol. The molecule has 6 nitrogen and oxygen atoms in total. The van der Waals surface area contributed by atoms with E-state index in [1.54, 1.807) is 6.92 Å². The van der Waals surface area contributed by atoms with E-state index in [1.165, 1.54) is 16.8 Å². The summed E-state index contributed by atoms with van der Waals surface area (Å²) in [5.74, 6) is 0. The molecule has 0 radical (unpaired) electrons. The summed E-state index contributed by atoms with van der Waals surface area (Å²) in [4.78, 5) is 26.4. The zero-order valence-corrected chi connectivity index (χ0v) is 9.14. The van der Waals surface area contributed by atoms with Crippen molar-refractivity contribution in [2.24, 2.45) is 0 Å². The van der Waals surface area contributed by atoms with Crippen LogP contribution in [0.1, 0.15) is 13.3 Å². The van der Waals surface area contributed by atoms with Crippen molar-refractivity contribution >= 4 is 0 Å². The normalized spacial score (nSPS) is 26.1. The van der Waals surface area contributed by atoms with Crippen molar-refractivity contribution in [2.45, 2.75) is 25.6 Å². The van der Waals surface area contributed by atoms with Crippen LogP contribution in [0.4, 0.5) is 0 Å². The van der Waals surface area contributed by atoms with Crippen molar-refractivity contribution in [1.29, 1.82) is 0 Å². The fourth-order valence-corrected chi connectivity index (χ4v) is 1.93. The van der Waals surface area contributed by atoms with Gasteiger partial charge in [-0.2, -0.15) is 0 Å². The standard InChI is InChI=1S/C10H15N3O3/c1-10(16)3-5-12(6-10)7-13-4-2-8(14)11-9(13)15/h2,4,16H,3,5-7H2,1H3,(H,11,14,15). The largest absolute Gasteiger partial charge is 0.389 e. The molecule has 0 bridgehead atoms. The second-order valence-electron chi connectivity index (χ2n) is 4.52. The first-order valence-corrected chi connectivity index (χ1v) is 5.21. The number of aromatic nitrogens is 2. The number of nitrogens with zero attached hydrogens (tertiary/aromatic N) is 2. The SMILES string of the molecule is CC1(O)CCN(Cn2ccc(=O)[nH]c2=O)C1. The van der Waals surface area contributed by atoms with Gasteiger partial charge in [-0.1, -0.05) is 0 Å². The van der Waals surface area contributed by atoms with Gasteiger partial charge in [0, 0.05) is 25.4 Å². The molecule has 6 heteroatoms. The molecule has 1 fully saturated rings. The lowest BCUT2D eigenvalue weighted by Gasteiger charge is -2.19. The van der Waals surface area contributed by atoms with Gasteiger partial charge in [0.25, 0.3) is 5.56 Å². The van der Waals surface area contributed by atoms with Crippen LogP contribution in [0.25, 0.3) is 0 Å². The maximum atomic E-state index is 11.4. The van der Waals surface area contributed by atoms with Gasteiger partial charge >= 0.3 is 5.69 Å². The molecule has 0 amide bonds. The van der Waals surface area contributed by atoms with Crippen molar-refractivity contribution in [1.82, 2.24) is 14.5 Å². The second-order valence-corrected chi connectivity index (χ2v) is 4.52. The zero-order chi connectivity index (χ0) is 11.8. The lowest BCUT2D eigenvalue weighted by molar-refractivity contribution is 0.0642. The minimum absolute atomic E-state index is 0.394. The first kappa shape index (κ1) is 11.1. The summed E-state index contributed by atoms with van der Waals surface area (Å²) in [6.07, 6.45) is 2.17. The maximum absolute atomic E-state index is 11.4. The van der Waals surface area contributed by atoms with Crippen LogP contribution in [0, 0.1) is 0 Å². The number of β-amino-alcohol motifs (C(OH)–C–C–N with tert-alkyl or cyclic N) is 1. The van der Waals surface area contributed by atoms with E-state index in [2.05, 4.69) is 4.98 Å². The molecule has 0 spiro atoms. The van der Waals surface area contributed by atoms with Crippen molar-refractivity contribution < 1.29 is 5.11 Å². The smallest absolute Gasteiger partial charge is 0.329 e. The zero-order valence-electron chi connectivity index (χ0n) is 9.14. The lowest BCUT2D eigenvalue weighted by Crippen LogP contribution is -2.36. The Bertz CT molecular complexity index is 489. The van der Waals surface area contributed by atoms with Gasteiger partial charge in [0.2, 0.25) is 0 Å². The molecule has 2 N–H and O–H groups in total. The summed E-state index contributed by atoms with van der Waals surface area (Å²) in [5, 5.41) is 9.77. The molecule has 1 aliphatic heterocycles. The van der Waals surface area contributed by atoms with Crippen LogP contribution in [-0.2, 0) is 6.67 Å². The van der Waals surface area contributed by atoms with Crippen molar-refractivity contribution in [3.05, 3.63) is 33.1 Å². The Morgan fingerprint density at radius 1 is 1.56 bits per heavy atom. The van der Waals surface area contributed by atoms with Gasteiger partial charge in [0.1, 0.15) is 0 Å². The number of hydrogen-bond donors (Lipinski definition) is 2. The summed E-state index contributed by atoms with van der Waals surface area (Å²) < 4.78 is 1.42. The first-order chi connectivity index (χ1) is 7.46. The van der Waals surface area contributed by atoms with Crippen LogP contribution >= 0.6 is 0 Å². The third-order valence-corrected chi connectivity index (χ3v) is 2.78. The minimum atomic E-state index is -0.675. The van der Waals surface area contributed by atoms with E-state index in [9.17, 15) is 14.7 Å². The number of hydrogen-bond acceptors (Lipinski definition) is 4. The van der Waals surface area contributed by atoms with Crippen molar-refractivity contribution in [3.63, 3.8) is 0 Å². The Kier molecular flexibility index (Phi) is 2.69. The molecule has 2 heterocycles. The highest BCUT2D eigenvalue weighted by Gasteiger charge is 2.31. The minimum Gasteiger partial charge on any atom is -0.389 e. The van der Waals surface area contributed by atoms with E-state index in [-0.39, 0.29) is 0 Å². The Balaban J connectivity index is 2.11. The average molecular weight is 225 g/mol. The number of nitrogens with one attached hydrogen (secondary N) is 1. The Labute approximate surface area is 92.1 Å². The van der Waals surface area contributed by atoms with Crippen molar-refractivity contribution in [2.75, 3.05) is 13.1 Å². The molecule has 2 rings (SSSR count). The predicted octanol–water partition coefficient (Wildman–Crippen LogP) is -1.05. The van der Waals surface area contributed by atoms with E-state index in [1.807, 2.05) is 4.90 Å². The van der Waals surface area contributed by atoms with Gasteiger partial charge < -0.3 is 5.11 Å².